The molecule has 1 saturated heterocycles. The van der Waals surface area contributed by atoms with Crippen molar-refractivity contribution in [1.29, 1.82) is 0 Å². The first kappa shape index (κ1) is 21.0. The monoisotopic (exact) mass is 443 g/mol. The molecule has 2 aliphatic rings. The highest BCUT2D eigenvalue weighted by Gasteiger charge is 2.43. The number of aromatic carboxylic acids is 1. The zero-order valence-electron chi connectivity index (χ0n) is 15.8. The van der Waals surface area contributed by atoms with Gasteiger partial charge in [-0.1, -0.05) is 0 Å². The second-order valence-corrected chi connectivity index (χ2v) is 7.00. The number of hydrogen-bond donors (Lipinski definition) is 1. The predicted octanol–water partition coefficient (Wildman–Crippen LogP) is 3.97. The molecule has 0 bridgehead atoms. The fourth-order valence-corrected chi connectivity index (χ4v) is 3.61. The molecule has 7 nitrogen and oxygen atoms in total. The van der Waals surface area contributed by atoms with E-state index < -0.39 is 31.0 Å². The largest absolute Gasteiger partial charge is 0.586 e. The van der Waals surface area contributed by atoms with Crippen LogP contribution in [0.1, 0.15) is 16.8 Å². The van der Waals surface area contributed by atoms with Crippen molar-refractivity contribution in [1.82, 2.24) is 0 Å². The lowest BCUT2D eigenvalue weighted by Gasteiger charge is -2.26. The molecule has 0 spiro atoms. The molecular weight excluding hydrogens is 426 g/mol. The molecule has 0 radical (unpaired) electrons. The number of benzene rings is 2. The van der Waals surface area contributed by atoms with Crippen molar-refractivity contribution in [2.24, 2.45) is 0 Å². The summed E-state index contributed by atoms with van der Waals surface area (Å²) in [5.41, 5.74) is 0.706. The molecule has 0 aromatic heterocycles. The van der Waals surface area contributed by atoms with Gasteiger partial charge in [-0.15, -0.1) is 8.78 Å². The third-order valence-corrected chi connectivity index (χ3v) is 4.91. The van der Waals surface area contributed by atoms with Gasteiger partial charge in [0.25, 0.3) is 0 Å². The van der Waals surface area contributed by atoms with Crippen LogP contribution in [-0.4, -0.2) is 49.3 Å². The van der Waals surface area contributed by atoms with Gasteiger partial charge in [-0.3, -0.25) is 0 Å². The van der Waals surface area contributed by atoms with E-state index in [1.54, 1.807) is 17.0 Å². The maximum atomic E-state index is 13.2. The number of ether oxygens (including phenoxy) is 4. The average molecular weight is 443 g/mol. The molecule has 2 aliphatic heterocycles. The number of rotatable bonds is 7. The molecule has 2 atom stereocenters. The molecule has 4 rings (SSSR count). The van der Waals surface area contributed by atoms with Crippen LogP contribution in [0.3, 0.4) is 0 Å². The van der Waals surface area contributed by atoms with Gasteiger partial charge >= 0.3 is 18.9 Å². The highest BCUT2D eigenvalue weighted by molar-refractivity contribution is 5.88. The number of anilines is 1. The molecule has 2 aromatic rings. The fourth-order valence-electron chi connectivity index (χ4n) is 3.61. The summed E-state index contributed by atoms with van der Waals surface area (Å²) >= 11 is 0. The van der Waals surface area contributed by atoms with E-state index in [4.69, 9.17) is 9.84 Å². The Morgan fingerprint density at radius 3 is 2.55 bits per heavy atom. The van der Waals surface area contributed by atoms with Crippen LogP contribution in [0.4, 0.5) is 23.2 Å². The number of carboxylic acid groups (broad SMARTS) is 1. The predicted molar refractivity (Wildman–Crippen MR) is 98.2 cm³/mol. The molecular formula is C20H17F4NO6. The first-order valence-electron chi connectivity index (χ1n) is 9.26. The van der Waals surface area contributed by atoms with E-state index in [9.17, 15) is 22.4 Å². The Morgan fingerprint density at radius 1 is 1.16 bits per heavy atom. The first-order valence-corrected chi connectivity index (χ1v) is 9.26. The molecule has 1 N–H and O–H groups in total. The molecule has 31 heavy (non-hydrogen) atoms. The van der Waals surface area contributed by atoms with Crippen molar-refractivity contribution in [3.8, 4) is 17.2 Å². The summed E-state index contributed by atoms with van der Waals surface area (Å²) in [4.78, 5) is 12.8. The van der Waals surface area contributed by atoms with E-state index in [-0.39, 0.29) is 36.0 Å². The smallest absolute Gasteiger partial charge is 0.488 e. The van der Waals surface area contributed by atoms with Gasteiger partial charge in [0.1, 0.15) is 11.9 Å². The van der Waals surface area contributed by atoms with Crippen LogP contribution < -0.4 is 19.1 Å². The number of halogens is 4. The summed E-state index contributed by atoms with van der Waals surface area (Å²) in [5.74, 6) is -1.12. The lowest BCUT2D eigenvalue weighted by atomic mass is 10.1. The highest BCUT2D eigenvalue weighted by atomic mass is 19.3. The first-order chi connectivity index (χ1) is 14.7. The SMILES string of the molecule is O=C(O)c1ccc(N2C[C@@H](Oc3ccc4c(c3)OC(F)(F)O4)C[C@H]2COC(F)F)cc1. The Labute approximate surface area is 173 Å². The molecule has 0 amide bonds. The van der Waals surface area contributed by atoms with E-state index in [0.29, 0.717) is 12.1 Å². The van der Waals surface area contributed by atoms with Crippen LogP contribution in [0, 0.1) is 0 Å². The van der Waals surface area contributed by atoms with E-state index >= 15 is 0 Å². The number of fused-ring (bicyclic) bond motifs is 1. The van der Waals surface area contributed by atoms with Crippen molar-refractivity contribution >= 4 is 11.7 Å². The molecule has 11 heteroatoms. The Balaban J connectivity index is 1.49. The van der Waals surface area contributed by atoms with Crippen molar-refractivity contribution in [2.45, 2.75) is 31.5 Å². The fraction of sp³-hybridized carbons (Fsp3) is 0.350. The molecule has 1 fully saturated rings. The maximum absolute atomic E-state index is 13.2. The lowest BCUT2D eigenvalue weighted by Crippen LogP contribution is -2.34. The van der Waals surface area contributed by atoms with Crippen molar-refractivity contribution in [2.75, 3.05) is 18.1 Å². The van der Waals surface area contributed by atoms with E-state index in [1.165, 1.54) is 30.3 Å². The second kappa shape index (κ2) is 8.14. The van der Waals surface area contributed by atoms with Gasteiger partial charge in [0.05, 0.1) is 24.8 Å². The topological polar surface area (TPSA) is 77.5 Å². The van der Waals surface area contributed by atoms with Crippen LogP contribution in [-0.2, 0) is 4.74 Å². The van der Waals surface area contributed by atoms with Crippen molar-refractivity contribution in [3.63, 3.8) is 0 Å². The summed E-state index contributed by atoms with van der Waals surface area (Å²) < 4.78 is 70.6. The van der Waals surface area contributed by atoms with Crippen molar-refractivity contribution < 1.29 is 46.4 Å². The van der Waals surface area contributed by atoms with Crippen LogP contribution in [0.2, 0.25) is 0 Å². The van der Waals surface area contributed by atoms with E-state index in [2.05, 4.69) is 14.2 Å². The van der Waals surface area contributed by atoms with Gasteiger partial charge in [-0.05, 0) is 36.4 Å². The van der Waals surface area contributed by atoms with Gasteiger partial charge in [-0.2, -0.15) is 8.78 Å². The average Bonchev–Trinajstić information content (AvgIpc) is 3.24. The number of alkyl halides is 4. The molecule has 0 saturated carbocycles. The number of carbonyl (C=O) groups is 1. The van der Waals surface area contributed by atoms with Crippen molar-refractivity contribution in [3.05, 3.63) is 48.0 Å². The lowest BCUT2D eigenvalue weighted by molar-refractivity contribution is -0.286. The number of carboxylic acids is 1. The zero-order valence-corrected chi connectivity index (χ0v) is 15.8. The maximum Gasteiger partial charge on any atom is 0.586 e. The Morgan fingerprint density at radius 2 is 1.87 bits per heavy atom. The van der Waals surface area contributed by atoms with E-state index in [1.807, 2.05) is 0 Å². The highest BCUT2D eigenvalue weighted by Crippen LogP contribution is 2.43. The molecule has 0 unspecified atom stereocenters. The quantitative estimate of drug-likeness (QED) is 0.649. The summed E-state index contributed by atoms with van der Waals surface area (Å²) in [6.45, 7) is -2.92. The van der Waals surface area contributed by atoms with Crippen LogP contribution in [0.15, 0.2) is 42.5 Å². The zero-order chi connectivity index (χ0) is 22.2. The second-order valence-electron chi connectivity index (χ2n) is 7.00. The molecule has 166 valence electrons. The Hall–Kier alpha value is -3.21. The standard InChI is InChI=1S/C20H17F4NO6/c21-19(22)28-10-13-7-15(9-25(13)12-3-1-11(2-4-12)18(26)27)29-14-5-6-16-17(8-14)31-20(23,24)30-16/h1-6,8,13,15,19H,7,9-10H2,(H,26,27)/t13-,15-/m0/s1. The minimum atomic E-state index is -3.75. The summed E-state index contributed by atoms with van der Waals surface area (Å²) in [6, 6.07) is 9.51. The molecule has 2 heterocycles. The summed E-state index contributed by atoms with van der Waals surface area (Å²) in [5, 5.41) is 9.04. The van der Waals surface area contributed by atoms with Crippen LogP contribution >= 0.6 is 0 Å². The third-order valence-electron chi connectivity index (χ3n) is 4.91. The Kier molecular flexibility index (Phi) is 5.52. The number of hydrogen-bond acceptors (Lipinski definition) is 6. The van der Waals surface area contributed by atoms with Gasteiger partial charge in [0.15, 0.2) is 11.5 Å². The number of nitrogens with zero attached hydrogens (tertiary/aromatic N) is 1. The normalized spacial score (nSPS) is 21.5. The molecule has 0 aliphatic carbocycles. The van der Waals surface area contributed by atoms with Gasteiger partial charge in [-0.25, -0.2) is 4.79 Å². The van der Waals surface area contributed by atoms with Gasteiger partial charge in [0.2, 0.25) is 0 Å². The van der Waals surface area contributed by atoms with Gasteiger partial charge in [0, 0.05) is 18.2 Å². The summed E-state index contributed by atoms with van der Waals surface area (Å²) in [6.07, 6.45) is -3.89. The third kappa shape index (κ3) is 4.76. The van der Waals surface area contributed by atoms with E-state index in [0.717, 1.165) is 0 Å². The minimum absolute atomic E-state index is 0.0910. The van der Waals surface area contributed by atoms with Gasteiger partial charge < -0.3 is 29.0 Å². The summed E-state index contributed by atoms with van der Waals surface area (Å²) in [7, 11) is 0. The Bertz CT molecular complexity index is 955. The van der Waals surface area contributed by atoms with Crippen LogP contribution in [0.25, 0.3) is 0 Å². The minimum Gasteiger partial charge on any atom is -0.488 e. The molecule has 2 aromatic carbocycles. The van der Waals surface area contributed by atoms with Crippen LogP contribution in [0.5, 0.6) is 17.2 Å².